The smallest absolute Gasteiger partial charge is 0.240 e. The maximum Gasteiger partial charge on any atom is 0.240 e. The molecule has 1 fully saturated rings. The van der Waals surface area contributed by atoms with Crippen molar-refractivity contribution in [1.29, 1.82) is 5.26 Å². The van der Waals surface area contributed by atoms with Crippen LogP contribution in [0.15, 0.2) is 24.3 Å². The highest BCUT2D eigenvalue weighted by molar-refractivity contribution is 5.82. The molecule has 0 saturated carbocycles. The lowest BCUT2D eigenvalue weighted by molar-refractivity contribution is -0.138. The van der Waals surface area contributed by atoms with E-state index in [0.29, 0.717) is 31.9 Å². The van der Waals surface area contributed by atoms with E-state index in [4.69, 9.17) is 10.00 Å². The summed E-state index contributed by atoms with van der Waals surface area (Å²) < 4.78 is 5.32. The van der Waals surface area contributed by atoms with Gasteiger partial charge >= 0.3 is 0 Å². The van der Waals surface area contributed by atoms with Crippen molar-refractivity contribution in [3.05, 3.63) is 35.4 Å². The molecule has 1 aliphatic rings. The van der Waals surface area contributed by atoms with E-state index in [9.17, 15) is 4.79 Å². The molecule has 23 heavy (non-hydrogen) atoms. The maximum atomic E-state index is 12.8. The van der Waals surface area contributed by atoms with Gasteiger partial charge in [0, 0.05) is 19.1 Å². The normalized spacial score (nSPS) is 17.6. The first kappa shape index (κ1) is 17.5. The zero-order valence-electron chi connectivity index (χ0n) is 14.1. The summed E-state index contributed by atoms with van der Waals surface area (Å²) in [6.07, 6.45) is 0. The average Bonchev–Trinajstić information content (AvgIpc) is 2.59. The molecular weight excluding hydrogens is 290 g/mol. The Labute approximate surface area is 138 Å². The first-order valence-electron chi connectivity index (χ1n) is 8.15. The summed E-state index contributed by atoms with van der Waals surface area (Å²) in [7, 11) is 0. The molecule has 0 aliphatic carbocycles. The number of amides is 1. The third-order valence-electron chi connectivity index (χ3n) is 4.22. The van der Waals surface area contributed by atoms with Crippen molar-refractivity contribution in [3.8, 4) is 6.07 Å². The summed E-state index contributed by atoms with van der Waals surface area (Å²) in [4.78, 5) is 14.7. The standard InChI is InChI=1S/C18H25N3O2/c1-13(2)17(18(22)21-8-10-23-11-9-21)20-14(3)16-6-4-15(12-19)5-7-16/h4-7,13-14,17,20H,8-11H2,1-3H3/t14-,17-/m0/s1. The quantitative estimate of drug-likeness (QED) is 0.903. The number of nitrogens with one attached hydrogen (secondary N) is 1. The zero-order chi connectivity index (χ0) is 16.8. The first-order valence-corrected chi connectivity index (χ1v) is 8.15. The van der Waals surface area contributed by atoms with Crippen molar-refractivity contribution >= 4 is 5.91 Å². The Hall–Kier alpha value is -1.90. The molecule has 1 amide bonds. The molecule has 2 rings (SSSR count). The highest BCUT2D eigenvalue weighted by atomic mass is 16.5. The molecule has 124 valence electrons. The topological polar surface area (TPSA) is 65.4 Å². The number of carbonyl (C=O) groups excluding carboxylic acids is 1. The molecule has 0 radical (unpaired) electrons. The van der Waals surface area contributed by atoms with Gasteiger partial charge in [-0.25, -0.2) is 0 Å². The Kier molecular flexibility index (Phi) is 6.14. The van der Waals surface area contributed by atoms with Gasteiger partial charge in [0.15, 0.2) is 0 Å². The molecule has 0 bridgehead atoms. The van der Waals surface area contributed by atoms with Crippen LogP contribution in [0.1, 0.15) is 37.9 Å². The van der Waals surface area contributed by atoms with Crippen molar-refractivity contribution in [2.45, 2.75) is 32.9 Å². The Bertz CT molecular complexity index is 557. The van der Waals surface area contributed by atoms with Crippen LogP contribution >= 0.6 is 0 Å². The van der Waals surface area contributed by atoms with Crippen LogP contribution in [0.4, 0.5) is 0 Å². The second kappa shape index (κ2) is 8.09. The number of morpholine rings is 1. The van der Waals surface area contributed by atoms with E-state index in [1.807, 2.05) is 36.1 Å². The van der Waals surface area contributed by atoms with Gasteiger partial charge in [0.25, 0.3) is 0 Å². The summed E-state index contributed by atoms with van der Waals surface area (Å²) in [5, 5.41) is 12.3. The third-order valence-corrected chi connectivity index (χ3v) is 4.22. The minimum atomic E-state index is -0.223. The summed E-state index contributed by atoms with van der Waals surface area (Å²) in [6, 6.07) is 9.43. The molecule has 1 aromatic carbocycles. The Morgan fingerprint density at radius 1 is 1.22 bits per heavy atom. The molecule has 1 saturated heterocycles. The van der Waals surface area contributed by atoms with Gasteiger partial charge in [0.05, 0.1) is 30.9 Å². The summed E-state index contributed by atoms with van der Waals surface area (Å²) in [5.41, 5.74) is 1.72. The molecule has 0 aromatic heterocycles. The van der Waals surface area contributed by atoms with Crippen LogP contribution in [0.3, 0.4) is 0 Å². The maximum absolute atomic E-state index is 12.8. The molecule has 5 nitrogen and oxygen atoms in total. The van der Waals surface area contributed by atoms with E-state index in [-0.39, 0.29) is 23.9 Å². The predicted octanol–water partition coefficient (Wildman–Crippen LogP) is 2.09. The van der Waals surface area contributed by atoms with Gasteiger partial charge in [0.2, 0.25) is 5.91 Å². The Morgan fingerprint density at radius 2 is 1.83 bits per heavy atom. The van der Waals surface area contributed by atoms with E-state index < -0.39 is 0 Å². The third kappa shape index (κ3) is 4.54. The zero-order valence-corrected chi connectivity index (χ0v) is 14.1. The first-order chi connectivity index (χ1) is 11.0. The number of hydrogen-bond acceptors (Lipinski definition) is 4. The summed E-state index contributed by atoms with van der Waals surface area (Å²) in [6.45, 7) is 8.71. The van der Waals surface area contributed by atoms with Gasteiger partial charge in [-0.05, 0) is 30.5 Å². The van der Waals surface area contributed by atoms with Crippen molar-refractivity contribution < 1.29 is 9.53 Å². The molecule has 0 unspecified atom stereocenters. The molecule has 1 heterocycles. The van der Waals surface area contributed by atoms with Gasteiger partial charge in [-0.1, -0.05) is 26.0 Å². The summed E-state index contributed by atoms with van der Waals surface area (Å²) >= 11 is 0. The van der Waals surface area contributed by atoms with E-state index in [0.717, 1.165) is 5.56 Å². The largest absolute Gasteiger partial charge is 0.378 e. The van der Waals surface area contributed by atoms with Gasteiger partial charge in [-0.15, -0.1) is 0 Å². The number of rotatable bonds is 5. The lowest BCUT2D eigenvalue weighted by Crippen LogP contribution is -2.52. The lowest BCUT2D eigenvalue weighted by Gasteiger charge is -2.33. The van der Waals surface area contributed by atoms with Crippen LogP contribution in [-0.2, 0) is 9.53 Å². The van der Waals surface area contributed by atoms with Gasteiger partial charge in [0.1, 0.15) is 0 Å². The minimum absolute atomic E-state index is 0.0418. The summed E-state index contributed by atoms with van der Waals surface area (Å²) in [5.74, 6) is 0.343. The number of benzene rings is 1. The fraction of sp³-hybridized carbons (Fsp3) is 0.556. The Balaban J connectivity index is 2.05. The van der Waals surface area contributed by atoms with E-state index in [1.165, 1.54) is 0 Å². The van der Waals surface area contributed by atoms with Gasteiger partial charge in [-0.2, -0.15) is 5.26 Å². The average molecular weight is 315 g/mol. The van der Waals surface area contributed by atoms with Crippen molar-refractivity contribution in [1.82, 2.24) is 10.2 Å². The molecule has 1 aromatic rings. The number of nitrogens with zero attached hydrogens (tertiary/aromatic N) is 2. The van der Waals surface area contributed by atoms with E-state index >= 15 is 0 Å². The fourth-order valence-electron chi connectivity index (χ4n) is 2.74. The lowest BCUT2D eigenvalue weighted by atomic mass is 9.99. The second-order valence-corrected chi connectivity index (χ2v) is 6.28. The fourth-order valence-corrected chi connectivity index (χ4v) is 2.74. The van der Waals surface area contributed by atoms with Crippen LogP contribution in [0.2, 0.25) is 0 Å². The van der Waals surface area contributed by atoms with E-state index in [2.05, 4.69) is 25.2 Å². The minimum Gasteiger partial charge on any atom is -0.378 e. The number of ether oxygens (including phenoxy) is 1. The molecule has 5 heteroatoms. The van der Waals surface area contributed by atoms with Gasteiger partial charge < -0.3 is 9.64 Å². The predicted molar refractivity (Wildman–Crippen MR) is 88.7 cm³/mol. The van der Waals surface area contributed by atoms with Crippen LogP contribution < -0.4 is 5.32 Å². The molecule has 1 N–H and O–H groups in total. The molecular formula is C18H25N3O2. The number of nitriles is 1. The molecule has 1 aliphatic heterocycles. The molecule has 0 spiro atoms. The highest BCUT2D eigenvalue weighted by Gasteiger charge is 2.29. The van der Waals surface area contributed by atoms with Crippen molar-refractivity contribution in [2.24, 2.45) is 5.92 Å². The van der Waals surface area contributed by atoms with Crippen LogP contribution in [0.25, 0.3) is 0 Å². The molecule has 2 atom stereocenters. The van der Waals surface area contributed by atoms with E-state index in [1.54, 1.807) is 0 Å². The highest BCUT2D eigenvalue weighted by Crippen LogP contribution is 2.17. The van der Waals surface area contributed by atoms with Crippen LogP contribution in [0.5, 0.6) is 0 Å². The van der Waals surface area contributed by atoms with Crippen LogP contribution in [0, 0.1) is 17.2 Å². The Morgan fingerprint density at radius 3 is 2.35 bits per heavy atom. The number of hydrogen-bond donors (Lipinski definition) is 1. The monoisotopic (exact) mass is 315 g/mol. The van der Waals surface area contributed by atoms with Crippen molar-refractivity contribution in [3.63, 3.8) is 0 Å². The number of carbonyl (C=O) groups is 1. The van der Waals surface area contributed by atoms with Crippen molar-refractivity contribution in [2.75, 3.05) is 26.3 Å². The SMILES string of the molecule is CC(C)[C@H](N[C@@H](C)c1ccc(C#N)cc1)C(=O)N1CCOCC1. The van der Waals surface area contributed by atoms with Gasteiger partial charge in [-0.3, -0.25) is 10.1 Å². The van der Waals surface area contributed by atoms with Crippen LogP contribution in [-0.4, -0.2) is 43.2 Å². The second-order valence-electron chi connectivity index (χ2n) is 6.28.